The predicted octanol–water partition coefficient (Wildman–Crippen LogP) is 1.31. The molecule has 0 aromatic carbocycles. The summed E-state index contributed by atoms with van der Waals surface area (Å²) in [6, 6.07) is 1.14. The number of halogens is 1. The zero-order chi connectivity index (χ0) is 11.8. The average Bonchev–Trinajstić information content (AvgIpc) is 2.74. The number of rotatable bonds is 2. The Morgan fingerprint density at radius 2 is 2.44 bits per heavy atom. The van der Waals surface area contributed by atoms with E-state index in [2.05, 4.69) is 10.3 Å². The zero-order valence-corrected chi connectivity index (χ0v) is 9.34. The van der Waals surface area contributed by atoms with Gasteiger partial charge in [0.25, 0.3) is 5.91 Å². The van der Waals surface area contributed by atoms with Crippen molar-refractivity contribution in [3.05, 3.63) is 23.8 Å². The molecule has 88 valence electrons. The normalized spacial score (nSPS) is 23.3. The third kappa shape index (κ3) is 2.09. The fourth-order valence-corrected chi connectivity index (χ4v) is 1.74. The van der Waals surface area contributed by atoms with Crippen molar-refractivity contribution in [2.75, 3.05) is 13.2 Å². The minimum Gasteiger partial charge on any atom is -0.379 e. The van der Waals surface area contributed by atoms with Gasteiger partial charge in [-0.1, -0.05) is 13.8 Å². The number of carbonyl (C=O) groups excluding carboxylic acids is 1. The number of carbonyl (C=O) groups is 1. The Balaban J connectivity index is 2.03. The summed E-state index contributed by atoms with van der Waals surface area (Å²) in [5.74, 6) is -0.737. The van der Waals surface area contributed by atoms with Crippen molar-refractivity contribution in [2.45, 2.75) is 19.9 Å². The molecule has 2 heterocycles. The van der Waals surface area contributed by atoms with E-state index < -0.39 is 5.82 Å². The summed E-state index contributed by atoms with van der Waals surface area (Å²) >= 11 is 0. The lowest BCUT2D eigenvalue weighted by atomic mass is 9.88. The van der Waals surface area contributed by atoms with Gasteiger partial charge in [0, 0.05) is 17.7 Å². The quantitative estimate of drug-likeness (QED) is 0.798. The van der Waals surface area contributed by atoms with E-state index in [0.29, 0.717) is 13.2 Å². The number of nitrogens with one attached hydrogen (secondary N) is 2. The molecule has 0 spiro atoms. The lowest BCUT2D eigenvalue weighted by Crippen LogP contribution is -2.44. The van der Waals surface area contributed by atoms with Gasteiger partial charge in [-0.15, -0.1) is 0 Å². The summed E-state index contributed by atoms with van der Waals surface area (Å²) in [4.78, 5) is 14.3. The first-order valence-corrected chi connectivity index (χ1v) is 5.21. The maximum absolute atomic E-state index is 12.7. The van der Waals surface area contributed by atoms with E-state index in [0.717, 1.165) is 6.20 Å². The van der Waals surface area contributed by atoms with E-state index in [1.165, 1.54) is 6.07 Å². The summed E-state index contributed by atoms with van der Waals surface area (Å²) in [5, 5.41) is 2.84. The molecule has 0 unspecified atom stereocenters. The molecular formula is C11H15FN2O2. The number of amides is 1. The number of ether oxygens (including phenoxy) is 1. The van der Waals surface area contributed by atoms with Crippen LogP contribution in [0.1, 0.15) is 24.3 Å². The van der Waals surface area contributed by atoms with Crippen molar-refractivity contribution in [1.29, 1.82) is 0 Å². The van der Waals surface area contributed by atoms with Crippen molar-refractivity contribution < 1.29 is 13.9 Å². The molecule has 1 saturated heterocycles. The molecule has 1 amide bonds. The summed E-state index contributed by atoms with van der Waals surface area (Å²) in [7, 11) is 0. The van der Waals surface area contributed by atoms with Gasteiger partial charge in [-0.25, -0.2) is 4.39 Å². The Kier molecular flexibility index (Phi) is 2.71. The number of aromatic nitrogens is 1. The highest BCUT2D eigenvalue weighted by Gasteiger charge is 2.36. The van der Waals surface area contributed by atoms with Crippen molar-refractivity contribution in [2.24, 2.45) is 5.41 Å². The molecule has 0 radical (unpaired) electrons. The Bertz CT molecular complexity index is 400. The second kappa shape index (κ2) is 3.90. The lowest BCUT2D eigenvalue weighted by Gasteiger charge is -2.25. The highest BCUT2D eigenvalue weighted by atomic mass is 19.1. The molecule has 2 rings (SSSR count). The first-order chi connectivity index (χ1) is 7.49. The van der Waals surface area contributed by atoms with E-state index in [1.54, 1.807) is 0 Å². The molecule has 0 saturated carbocycles. The van der Waals surface area contributed by atoms with Gasteiger partial charge in [0.05, 0.1) is 19.3 Å². The van der Waals surface area contributed by atoms with Gasteiger partial charge in [0.2, 0.25) is 0 Å². The molecule has 16 heavy (non-hydrogen) atoms. The first-order valence-electron chi connectivity index (χ1n) is 5.21. The van der Waals surface area contributed by atoms with E-state index in [-0.39, 0.29) is 23.1 Å². The van der Waals surface area contributed by atoms with Gasteiger partial charge in [-0.2, -0.15) is 0 Å². The van der Waals surface area contributed by atoms with Gasteiger partial charge >= 0.3 is 0 Å². The monoisotopic (exact) mass is 226 g/mol. The van der Waals surface area contributed by atoms with Gasteiger partial charge in [-0.3, -0.25) is 4.79 Å². The fourth-order valence-electron chi connectivity index (χ4n) is 1.74. The Labute approximate surface area is 93.2 Å². The molecule has 1 fully saturated rings. The standard InChI is InChI=1S/C11H15FN2O2/c1-11(2)6-16-5-9(11)14-10(15)8-3-7(12)4-13-8/h3-4,9,13H,5-6H2,1-2H3,(H,14,15)/t9-/m1/s1. The van der Waals surface area contributed by atoms with Crippen LogP contribution in [0.3, 0.4) is 0 Å². The van der Waals surface area contributed by atoms with E-state index in [4.69, 9.17) is 4.74 Å². The molecule has 0 aliphatic carbocycles. The number of H-pyrrole nitrogens is 1. The summed E-state index contributed by atoms with van der Waals surface area (Å²) < 4.78 is 18.0. The fraction of sp³-hybridized carbons (Fsp3) is 0.545. The molecule has 1 atom stereocenters. The predicted molar refractivity (Wildman–Crippen MR) is 56.6 cm³/mol. The molecule has 1 aliphatic rings. The number of hydrogen-bond acceptors (Lipinski definition) is 2. The van der Waals surface area contributed by atoms with Crippen LogP contribution in [-0.4, -0.2) is 30.1 Å². The Hall–Kier alpha value is -1.36. The van der Waals surface area contributed by atoms with Crippen LogP contribution in [0, 0.1) is 11.2 Å². The third-order valence-corrected chi connectivity index (χ3v) is 2.90. The molecule has 1 aromatic heterocycles. The minimum atomic E-state index is -0.438. The van der Waals surface area contributed by atoms with E-state index >= 15 is 0 Å². The van der Waals surface area contributed by atoms with Crippen molar-refractivity contribution in [3.63, 3.8) is 0 Å². The van der Waals surface area contributed by atoms with Crippen LogP contribution >= 0.6 is 0 Å². The van der Waals surface area contributed by atoms with Crippen LogP contribution in [0.15, 0.2) is 12.3 Å². The van der Waals surface area contributed by atoms with Gasteiger partial charge in [-0.05, 0) is 0 Å². The van der Waals surface area contributed by atoms with Gasteiger partial charge in [0.15, 0.2) is 0 Å². The third-order valence-electron chi connectivity index (χ3n) is 2.90. The summed E-state index contributed by atoms with van der Waals surface area (Å²) in [6.45, 7) is 5.18. The van der Waals surface area contributed by atoms with E-state index in [1.807, 2.05) is 13.8 Å². The van der Waals surface area contributed by atoms with E-state index in [9.17, 15) is 9.18 Å². The molecular weight excluding hydrogens is 211 g/mol. The SMILES string of the molecule is CC1(C)COC[C@H]1NC(=O)c1cc(F)c[nH]1. The highest BCUT2D eigenvalue weighted by molar-refractivity contribution is 5.92. The van der Waals surface area contributed by atoms with Crippen LogP contribution in [0.4, 0.5) is 4.39 Å². The molecule has 0 bridgehead atoms. The van der Waals surface area contributed by atoms with Gasteiger partial charge in [0.1, 0.15) is 11.5 Å². The second-order valence-electron chi connectivity index (χ2n) is 4.76. The van der Waals surface area contributed by atoms with Crippen LogP contribution < -0.4 is 5.32 Å². The zero-order valence-electron chi connectivity index (χ0n) is 9.34. The number of hydrogen-bond donors (Lipinski definition) is 2. The minimum absolute atomic E-state index is 0.0358. The largest absolute Gasteiger partial charge is 0.379 e. The number of aromatic amines is 1. The van der Waals surface area contributed by atoms with Crippen LogP contribution in [0.25, 0.3) is 0 Å². The van der Waals surface area contributed by atoms with Crippen LogP contribution in [0.5, 0.6) is 0 Å². The van der Waals surface area contributed by atoms with Crippen LogP contribution in [0.2, 0.25) is 0 Å². The van der Waals surface area contributed by atoms with Gasteiger partial charge < -0.3 is 15.0 Å². The molecule has 2 N–H and O–H groups in total. The Morgan fingerprint density at radius 1 is 1.69 bits per heavy atom. The molecule has 1 aliphatic heterocycles. The van der Waals surface area contributed by atoms with Crippen molar-refractivity contribution in [1.82, 2.24) is 10.3 Å². The Morgan fingerprint density at radius 3 is 2.94 bits per heavy atom. The maximum atomic E-state index is 12.7. The molecule has 1 aromatic rings. The molecule has 5 heteroatoms. The highest BCUT2D eigenvalue weighted by Crippen LogP contribution is 2.27. The second-order valence-corrected chi connectivity index (χ2v) is 4.76. The lowest BCUT2D eigenvalue weighted by molar-refractivity contribution is 0.0910. The smallest absolute Gasteiger partial charge is 0.268 e. The van der Waals surface area contributed by atoms with Crippen molar-refractivity contribution in [3.8, 4) is 0 Å². The summed E-state index contributed by atoms with van der Waals surface area (Å²) in [6.07, 6.45) is 1.16. The topological polar surface area (TPSA) is 54.1 Å². The molecule has 4 nitrogen and oxygen atoms in total. The maximum Gasteiger partial charge on any atom is 0.268 e. The first kappa shape index (κ1) is 11.1. The van der Waals surface area contributed by atoms with Crippen LogP contribution in [-0.2, 0) is 4.74 Å². The average molecular weight is 226 g/mol. The summed E-state index contributed by atoms with van der Waals surface area (Å²) in [5.41, 5.74) is 0.154. The van der Waals surface area contributed by atoms with Crippen molar-refractivity contribution >= 4 is 5.91 Å².